The minimum Gasteiger partial charge on any atom is -0.489 e. The molecule has 0 unspecified atom stereocenters. The molecule has 1 heterocycles. The minimum absolute atomic E-state index is 0.369. The third-order valence-corrected chi connectivity index (χ3v) is 6.93. The number of nitrogens with one attached hydrogen (secondary N) is 2. The van der Waals surface area contributed by atoms with E-state index in [1.165, 1.54) is 0 Å². The summed E-state index contributed by atoms with van der Waals surface area (Å²) >= 11 is 0. The fraction of sp³-hybridized carbons (Fsp3) is 0.250. The van der Waals surface area contributed by atoms with Crippen molar-refractivity contribution in [2.24, 2.45) is 0 Å². The van der Waals surface area contributed by atoms with E-state index in [0.717, 1.165) is 0 Å². The van der Waals surface area contributed by atoms with Gasteiger partial charge in [0, 0.05) is 0 Å². The molecule has 0 aliphatic carbocycles. The molecule has 0 saturated heterocycles. The number of hydrogen-bond donors (Lipinski definition) is 2. The standard InChI is InChI=1S/C24H27N2O5P/c27-32(20-8-2-1-3-9-20)25-21-10-4-6-12-23(21)30-18-16-28-14-15-29-17-19-31-24-13-7-5-11-22(24)26-32/h1-13H,14-19H2,(H2,25,26,27). The Kier molecular flexibility index (Phi) is 7.67. The third-order valence-electron chi connectivity index (χ3n) is 4.79. The Labute approximate surface area is 188 Å². The van der Waals surface area contributed by atoms with Crippen LogP contribution in [0.1, 0.15) is 0 Å². The molecule has 0 radical (unpaired) electrons. The van der Waals surface area contributed by atoms with Gasteiger partial charge in [-0.05, 0) is 36.4 Å². The zero-order chi connectivity index (χ0) is 22.1. The molecule has 4 rings (SSSR count). The second-order valence-electron chi connectivity index (χ2n) is 7.08. The highest BCUT2D eigenvalue weighted by Gasteiger charge is 2.27. The van der Waals surface area contributed by atoms with Gasteiger partial charge in [0.15, 0.2) is 0 Å². The molecule has 0 bridgehead atoms. The van der Waals surface area contributed by atoms with Crippen LogP contribution in [0.2, 0.25) is 0 Å². The highest BCUT2D eigenvalue weighted by molar-refractivity contribution is 7.74. The molecule has 32 heavy (non-hydrogen) atoms. The minimum atomic E-state index is -3.36. The van der Waals surface area contributed by atoms with E-state index >= 15 is 0 Å². The largest absolute Gasteiger partial charge is 0.489 e. The lowest BCUT2D eigenvalue weighted by Crippen LogP contribution is -2.19. The van der Waals surface area contributed by atoms with Crippen molar-refractivity contribution in [2.75, 3.05) is 49.8 Å². The van der Waals surface area contributed by atoms with Crippen molar-refractivity contribution in [1.82, 2.24) is 0 Å². The monoisotopic (exact) mass is 454 g/mol. The van der Waals surface area contributed by atoms with E-state index in [0.29, 0.717) is 67.8 Å². The summed E-state index contributed by atoms with van der Waals surface area (Å²) in [7, 11) is -3.36. The molecule has 1 aliphatic rings. The topological polar surface area (TPSA) is 78.1 Å². The number of benzene rings is 3. The summed E-state index contributed by atoms with van der Waals surface area (Å²) in [5.41, 5.74) is 1.25. The summed E-state index contributed by atoms with van der Waals surface area (Å²) in [6.45, 7) is 2.54. The van der Waals surface area contributed by atoms with Crippen LogP contribution in [-0.2, 0) is 14.0 Å². The third kappa shape index (κ3) is 5.82. The van der Waals surface area contributed by atoms with E-state index in [2.05, 4.69) is 10.2 Å². The van der Waals surface area contributed by atoms with Gasteiger partial charge in [-0.15, -0.1) is 0 Å². The lowest BCUT2D eigenvalue weighted by molar-refractivity contribution is 0.0275. The molecule has 0 spiro atoms. The lowest BCUT2D eigenvalue weighted by Gasteiger charge is -2.25. The van der Waals surface area contributed by atoms with Gasteiger partial charge in [0.2, 0.25) is 0 Å². The highest BCUT2D eigenvalue weighted by Crippen LogP contribution is 2.48. The van der Waals surface area contributed by atoms with Gasteiger partial charge in [0.1, 0.15) is 24.7 Å². The van der Waals surface area contributed by atoms with Crippen LogP contribution in [-0.4, -0.2) is 39.6 Å². The van der Waals surface area contributed by atoms with Crippen molar-refractivity contribution in [1.29, 1.82) is 0 Å². The van der Waals surface area contributed by atoms with Gasteiger partial charge >= 0.3 is 0 Å². The Hall–Kier alpha value is -2.99. The maximum absolute atomic E-state index is 14.3. The second-order valence-corrected chi connectivity index (χ2v) is 9.26. The predicted octanol–water partition coefficient (Wildman–Crippen LogP) is 4.53. The van der Waals surface area contributed by atoms with E-state index in [4.69, 9.17) is 18.9 Å². The van der Waals surface area contributed by atoms with Gasteiger partial charge in [0.05, 0.1) is 43.1 Å². The first kappa shape index (κ1) is 22.2. The molecule has 1 aliphatic heterocycles. The average molecular weight is 454 g/mol. The number of rotatable bonds is 1. The molecule has 0 fully saturated rings. The Bertz CT molecular complexity index is 986. The molecule has 0 aromatic heterocycles. The molecule has 0 atom stereocenters. The Morgan fingerprint density at radius 2 is 1.00 bits per heavy atom. The van der Waals surface area contributed by atoms with E-state index in [9.17, 15) is 4.57 Å². The van der Waals surface area contributed by atoms with Crippen molar-refractivity contribution in [2.45, 2.75) is 0 Å². The number of anilines is 2. The Balaban J connectivity index is 1.71. The predicted molar refractivity (Wildman–Crippen MR) is 126 cm³/mol. The van der Waals surface area contributed by atoms with Crippen LogP contribution in [0.4, 0.5) is 11.4 Å². The summed E-state index contributed by atoms with van der Waals surface area (Å²) in [5.74, 6) is 1.19. The van der Waals surface area contributed by atoms with E-state index in [1.807, 2.05) is 78.9 Å². The van der Waals surface area contributed by atoms with Gasteiger partial charge in [-0.25, -0.2) is 0 Å². The smallest absolute Gasteiger partial charge is 0.287 e. The molecule has 168 valence electrons. The molecular weight excluding hydrogens is 427 g/mol. The summed E-state index contributed by atoms with van der Waals surface area (Å²) < 4.78 is 37.3. The van der Waals surface area contributed by atoms with Crippen LogP contribution in [0, 0.1) is 0 Å². The first-order valence-electron chi connectivity index (χ1n) is 10.6. The van der Waals surface area contributed by atoms with Gasteiger partial charge < -0.3 is 29.1 Å². The zero-order valence-electron chi connectivity index (χ0n) is 17.7. The number of ether oxygens (including phenoxy) is 4. The van der Waals surface area contributed by atoms with Crippen LogP contribution in [0.3, 0.4) is 0 Å². The van der Waals surface area contributed by atoms with E-state index < -0.39 is 7.44 Å². The van der Waals surface area contributed by atoms with Crippen molar-refractivity contribution < 1.29 is 23.5 Å². The van der Waals surface area contributed by atoms with E-state index in [1.54, 1.807) is 0 Å². The maximum Gasteiger partial charge on any atom is 0.287 e. The van der Waals surface area contributed by atoms with E-state index in [-0.39, 0.29) is 0 Å². The first-order chi connectivity index (χ1) is 15.7. The molecule has 0 saturated carbocycles. The Morgan fingerprint density at radius 3 is 1.53 bits per heavy atom. The maximum atomic E-state index is 14.3. The second kappa shape index (κ2) is 11.0. The summed E-state index contributed by atoms with van der Waals surface area (Å²) in [6.07, 6.45) is 0. The number of fused-ring (bicyclic) bond motifs is 2. The van der Waals surface area contributed by atoms with Crippen molar-refractivity contribution in [3.05, 3.63) is 78.9 Å². The van der Waals surface area contributed by atoms with Gasteiger partial charge in [-0.2, -0.15) is 0 Å². The summed E-state index contributed by atoms with van der Waals surface area (Å²) in [4.78, 5) is 0. The van der Waals surface area contributed by atoms with Gasteiger partial charge in [0.25, 0.3) is 7.44 Å². The normalized spacial score (nSPS) is 17.1. The summed E-state index contributed by atoms with van der Waals surface area (Å²) in [5, 5.41) is 7.08. The molecule has 3 aromatic carbocycles. The molecule has 0 amide bonds. The van der Waals surface area contributed by atoms with Crippen LogP contribution >= 0.6 is 7.44 Å². The van der Waals surface area contributed by atoms with Crippen LogP contribution in [0.15, 0.2) is 78.9 Å². The zero-order valence-corrected chi connectivity index (χ0v) is 18.6. The molecule has 8 heteroatoms. The molecular formula is C24H27N2O5P. The lowest BCUT2D eigenvalue weighted by atomic mass is 10.3. The van der Waals surface area contributed by atoms with Crippen molar-refractivity contribution >= 4 is 24.1 Å². The number of para-hydroxylation sites is 4. The molecule has 2 N–H and O–H groups in total. The SMILES string of the molecule is O=P1(c2ccccc2)Nc2ccccc2OCCOCCOCCOc2ccccc2N1. The van der Waals surface area contributed by atoms with Crippen molar-refractivity contribution in [3.8, 4) is 11.5 Å². The average Bonchev–Trinajstić information content (AvgIpc) is 2.82. The number of hydrogen-bond acceptors (Lipinski definition) is 5. The first-order valence-corrected chi connectivity index (χ1v) is 12.3. The quantitative estimate of drug-likeness (QED) is 0.523. The van der Waals surface area contributed by atoms with Crippen molar-refractivity contribution in [3.63, 3.8) is 0 Å². The fourth-order valence-electron chi connectivity index (χ4n) is 3.25. The van der Waals surface area contributed by atoms with Crippen LogP contribution in [0.5, 0.6) is 11.5 Å². The van der Waals surface area contributed by atoms with Gasteiger partial charge in [-0.3, -0.25) is 4.57 Å². The highest BCUT2D eigenvalue weighted by atomic mass is 31.2. The summed E-state index contributed by atoms with van der Waals surface area (Å²) in [6, 6.07) is 24.1. The fourth-order valence-corrected chi connectivity index (χ4v) is 5.20. The van der Waals surface area contributed by atoms with Crippen LogP contribution in [0.25, 0.3) is 0 Å². The van der Waals surface area contributed by atoms with Gasteiger partial charge in [-0.1, -0.05) is 42.5 Å². The molecule has 7 nitrogen and oxygen atoms in total. The molecule has 3 aromatic rings. The van der Waals surface area contributed by atoms with Crippen LogP contribution < -0.4 is 25.0 Å². The Morgan fingerprint density at radius 1 is 0.562 bits per heavy atom.